The smallest absolute Gasteiger partial charge is 0.313 e. The van der Waals surface area contributed by atoms with Crippen LogP contribution in [0.5, 0.6) is 0 Å². The number of benzene rings is 2. The van der Waals surface area contributed by atoms with Crippen LogP contribution in [0.2, 0.25) is 5.02 Å². The highest BCUT2D eigenvalue weighted by molar-refractivity contribution is 6.39. The molecule has 1 heterocycles. The predicted octanol–water partition coefficient (Wildman–Crippen LogP) is 3.03. The Morgan fingerprint density at radius 2 is 1.85 bits per heavy atom. The molecule has 0 spiro atoms. The number of amides is 3. The summed E-state index contributed by atoms with van der Waals surface area (Å²) in [5.41, 5.74) is 3.05. The summed E-state index contributed by atoms with van der Waals surface area (Å²) in [5, 5.41) is 5.76. The van der Waals surface area contributed by atoms with Crippen molar-refractivity contribution < 1.29 is 14.4 Å². The second-order valence-electron chi connectivity index (χ2n) is 6.41. The van der Waals surface area contributed by atoms with Crippen LogP contribution in [0, 0.1) is 6.92 Å². The summed E-state index contributed by atoms with van der Waals surface area (Å²) in [7, 11) is 0. The number of carbonyl (C=O) groups excluding carboxylic acids is 3. The molecule has 2 aromatic carbocycles. The first-order valence-electron chi connectivity index (χ1n) is 8.68. The number of halogens is 1. The molecule has 1 fully saturated rings. The quantitative estimate of drug-likeness (QED) is 0.794. The number of rotatable bonds is 4. The Balaban J connectivity index is 1.58. The average Bonchev–Trinajstić information content (AvgIpc) is 3.07. The van der Waals surface area contributed by atoms with E-state index < -0.39 is 11.8 Å². The van der Waals surface area contributed by atoms with Gasteiger partial charge >= 0.3 is 11.8 Å². The van der Waals surface area contributed by atoms with Crippen LogP contribution < -0.4 is 15.5 Å². The maximum absolute atomic E-state index is 12.1. The molecule has 1 saturated heterocycles. The van der Waals surface area contributed by atoms with E-state index in [0.717, 1.165) is 23.2 Å². The molecule has 1 aliphatic heterocycles. The van der Waals surface area contributed by atoms with Crippen molar-refractivity contribution in [2.24, 2.45) is 0 Å². The van der Waals surface area contributed by atoms with Gasteiger partial charge in [-0.1, -0.05) is 23.7 Å². The first kappa shape index (κ1) is 18.9. The van der Waals surface area contributed by atoms with E-state index in [-0.39, 0.29) is 12.5 Å². The molecular weight excluding hydrogens is 366 g/mol. The molecule has 2 N–H and O–H groups in total. The fourth-order valence-corrected chi connectivity index (χ4v) is 3.12. The molecule has 2 aromatic rings. The Morgan fingerprint density at radius 3 is 2.48 bits per heavy atom. The first-order valence-corrected chi connectivity index (χ1v) is 9.06. The second kappa shape index (κ2) is 8.22. The lowest BCUT2D eigenvalue weighted by molar-refractivity contribution is -0.136. The van der Waals surface area contributed by atoms with Crippen molar-refractivity contribution in [1.82, 2.24) is 5.32 Å². The predicted molar refractivity (Wildman–Crippen MR) is 105 cm³/mol. The SMILES string of the molecule is Cc1cc(NC(=O)C(=O)NCc2ccc(Cl)cc2)ccc1N1CCCC1=O. The molecule has 0 aliphatic carbocycles. The highest BCUT2D eigenvalue weighted by Crippen LogP contribution is 2.27. The molecule has 0 bridgehead atoms. The van der Waals surface area contributed by atoms with Gasteiger partial charge in [0.25, 0.3) is 0 Å². The Morgan fingerprint density at radius 1 is 1.11 bits per heavy atom. The lowest BCUT2D eigenvalue weighted by Gasteiger charge is -2.19. The molecule has 7 heteroatoms. The largest absolute Gasteiger partial charge is 0.344 e. The number of hydrogen-bond donors (Lipinski definition) is 2. The normalized spacial score (nSPS) is 13.6. The van der Waals surface area contributed by atoms with Gasteiger partial charge in [-0.25, -0.2) is 0 Å². The zero-order valence-electron chi connectivity index (χ0n) is 14.9. The summed E-state index contributed by atoms with van der Waals surface area (Å²) in [5.74, 6) is -1.36. The number of nitrogens with one attached hydrogen (secondary N) is 2. The number of nitrogens with zero attached hydrogens (tertiary/aromatic N) is 1. The maximum Gasteiger partial charge on any atom is 0.313 e. The minimum absolute atomic E-state index is 0.108. The van der Waals surface area contributed by atoms with Gasteiger partial charge < -0.3 is 15.5 Å². The molecule has 0 aromatic heterocycles. The van der Waals surface area contributed by atoms with Crippen LogP contribution >= 0.6 is 11.6 Å². The summed E-state index contributed by atoms with van der Waals surface area (Å²) in [6.07, 6.45) is 1.41. The van der Waals surface area contributed by atoms with E-state index in [2.05, 4.69) is 10.6 Å². The van der Waals surface area contributed by atoms with Gasteiger partial charge in [0, 0.05) is 35.9 Å². The molecule has 1 aliphatic rings. The van der Waals surface area contributed by atoms with E-state index in [0.29, 0.717) is 23.7 Å². The molecule has 0 saturated carbocycles. The number of carbonyl (C=O) groups is 3. The standard InChI is InChI=1S/C20H20ClN3O3/c1-13-11-16(8-9-17(13)24-10-2-3-18(24)25)23-20(27)19(26)22-12-14-4-6-15(21)7-5-14/h4-9,11H,2-3,10,12H2,1H3,(H,22,26)(H,23,27). The van der Waals surface area contributed by atoms with Crippen LogP contribution in [0.15, 0.2) is 42.5 Å². The van der Waals surface area contributed by atoms with E-state index in [1.54, 1.807) is 47.4 Å². The molecule has 6 nitrogen and oxygen atoms in total. The highest BCUT2D eigenvalue weighted by Gasteiger charge is 2.23. The Labute approximate surface area is 162 Å². The third-order valence-electron chi connectivity index (χ3n) is 4.39. The van der Waals surface area contributed by atoms with Crippen molar-refractivity contribution in [3.05, 3.63) is 58.6 Å². The fourth-order valence-electron chi connectivity index (χ4n) is 2.99. The molecule has 3 amide bonds. The summed E-state index contributed by atoms with van der Waals surface area (Å²) < 4.78 is 0. The van der Waals surface area contributed by atoms with Crippen LogP contribution in [0.4, 0.5) is 11.4 Å². The summed E-state index contributed by atoms with van der Waals surface area (Å²) in [6.45, 7) is 2.81. The Hall–Kier alpha value is -2.86. The van der Waals surface area contributed by atoms with Crippen molar-refractivity contribution in [2.45, 2.75) is 26.3 Å². The number of aryl methyl sites for hydroxylation is 1. The Bertz CT molecular complexity index is 881. The number of hydrogen-bond acceptors (Lipinski definition) is 3. The average molecular weight is 386 g/mol. The third-order valence-corrected chi connectivity index (χ3v) is 4.64. The zero-order chi connectivity index (χ0) is 19.4. The minimum atomic E-state index is -0.742. The zero-order valence-corrected chi connectivity index (χ0v) is 15.7. The monoisotopic (exact) mass is 385 g/mol. The topological polar surface area (TPSA) is 78.5 Å². The molecule has 0 unspecified atom stereocenters. The summed E-state index contributed by atoms with van der Waals surface area (Å²) in [4.78, 5) is 37.7. The fraction of sp³-hybridized carbons (Fsp3) is 0.250. The molecule has 3 rings (SSSR count). The van der Waals surface area contributed by atoms with Crippen molar-refractivity contribution in [3.8, 4) is 0 Å². The van der Waals surface area contributed by atoms with Gasteiger partial charge in [-0.05, 0) is 54.8 Å². The van der Waals surface area contributed by atoms with Crippen LogP contribution in [0.25, 0.3) is 0 Å². The van der Waals surface area contributed by atoms with Crippen molar-refractivity contribution in [3.63, 3.8) is 0 Å². The number of anilines is 2. The lowest BCUT2D eigenvalue weighted by atomic mass is 10.1. The van der Waals surface area contributed by atoms with Crippen LogP contribution in [-0.2, 0) is 20.9 Å². The summed E-state index contributed by atoms with van der Waals surface area (Å²) in [6, 6.07) is 12.2. The molecule has 0 atom stereocenters. The first-order chi connectivity index (χ1) is 12.9. The van der Waals surface area contributed by atoms with Gasteiger partial charge in [0.1, 0.15) is 0 Å². The lowest BCUT2D eigenvalue weighted by Crippen LogP contribution is -2.35. The summed E-state index contributed by atoms with van der Waals surface area (Å²) >= 11 is 5.82. The van der Waals surface area contributed by atoms with Gasteiger partial charge in [0.05, 0.1) is 0 Å². The third kappa shape index (κ3) is 4.65. The second-order valence-corrected chi connectivity index (χ2v) is 6.85. The molecule has 27 heavy (non-hydrogen) atoms. The van der Waals surface area contributed by atoms with Gasteiger partial charge in [0.15, 0.2) is 0 Å². The molecule has 0 radical (unpaired) electrons. The van der Waals surface area contributed by atoms with E-state index in [1.807, 2.05) is 6.92 Å². The van der Waals surface area contributed by atoms with Crippen molar-refractivity contribution in [1.29, 1.82) is 0 Å². The van der Waals surface area contributed by atoms with Gasteiger partial charge in [0.2, 0.25) is 5.91 Å². The van der Waals surface area contributed by atoms with Gasteiger partial charge in [-0.2, -0.15) is 0 Å². The molecule has 140 valence electrons. The van der Waals surface area contributed by atoms with E-state index in [9.17, 15) is 14.4 Å². The van der Waals surface area contributed by atoms with Crippen LogP contribution in [0.1, 0.15) is 24.0 Å². The van der Waals surface area contributed by atoms with Crippen LogP contribution in [0.3, 0.4) is 0 Å². The minimum Gasteiger partial charge on any atom is -0.344 e. The van der Waals surface area contributed by atoms with Gasteiger partial charge in [-0.3, -0.25) is 14.4 Å². The van der Waals surface area contributed by atoms with Crippen LogP contribution in [-0.4, -0.2) is 24.3 Å². The van der Waals surface area contributed by atoms with Crippen molar-refractivity contribution >= 4 is 40.7 Å². The van der Waals surface area contributed by atoms with E-state index >= 15 is 0 Å². The van der Waals surface area contributed by atoms with E-state index in [4.69, 9.17) is 11.6 Å². The van der Waals surface area contributed by atoms with Crippen molar-refractivity contribution in [2.75, 3.05) is 16.8 Å². The van der Waals surface area contributed by atoms with E-state index in [1.165, 1.54) is 0 Å². The molecular formula is C20H20ClN3O3. The van der Waals surface area contributed by atoms with Gasteiger partial charge in [-0.15, -0.1) is 0 Å². The highest BCUT2D eigenvalue weighted by atomic mass is 35.5. The maximum atomic E-state index is 12.1. The Kier molecular flexibility index (Phi) is 5.76.